The van der Waals surface area contributed by atoms with E-state index in [4.69, 9.17) is 0 Å². The Labute approximate surface area is 115 Å². The van der Waals surface area contributed by atoms with Crippen molar-refractivity contribution in [1.82, 2.24) is 4.98 Å². The predicted octanol–water partition coefficient (Wildman–Crippen LogP) is 3.69. The predicted molar refractivity (Wildman–Crippen MR) is 77.1 cm³/mol. The van der Waals surface area contributed by atoms with E-state index in [9.17, 15) is 9.50 Å². The molecule has 2 N–H and O–H groups in total. The maximum atomic E-state index is 12.8. The molecule has 20 heavy (non-hydrogen) atoms. The SMILES string of the molecule is Oc1cc(NCc2ccc(F)cc2)cc2cccnc12. The second kappa shape index (κ2) is 5.17. The Morgan fingerprint density at radius 2 is 1.90 bits per heavy atom. The lowest BCUT2D eigenvalue weighted by Gasteiger charge is -2.09. The highest BCUT2D eigenvalue weighted by Gasteiger charge is 2.03. The van der Waals surface area contributed by atoms with Crippen molar-refractivity contribution >= 4 is 16.6 Å². The Hall–Kier alpha value is -2.62. The van der Waals surface area contributed by atoms with Crippen LogP contribution in [0.1, 0.15) is 5.56 Å². The quantitative estimate of drug-likeness (QED) is 0.761. The molecule has 1 aromatic heterocycles. The molecule has 0 aliphatic carbocycles. The number of aromatic nitrogens is 1. The molecule has 0 saturated carbocycles. The zero-order valence-corrected chi connectivity index (χ0v) is 10.7. The monoisotopic (exact) mass is 268 g/mol. The summed E-state index contributed by atoms with van der Waals surface area (Å²) in [7, 11) is 0. The Morgan fingerprint density at radius 1 is 1.10 bits per heavy atom. The third-order valence-corrected chi connectivity index (χ3v) is 3.09. The summed E-state index contributed by atoms with van der Waals surface area (Å²) in [6, 6.07) is 13.6. The van der Waals surface area contributed by atoms with Gasteiger partial charge in [-0.1, -0.05) is 18.2 Å². The van der Waals surface area contributed by atoms with E-state index in [1.165, 1.54) is 12.1 Å². The lowest BCUT2D eigenvalue weighted by molar-refractivity contribution is 0.480. The summed E-state index contributed by atoms with van der Waals surface area (Å²) in [5, 5.41) is 14.0. The number of phenols is 1. The first kappa shape index (κ1) is 12.4. The van der Waals surface area contributed by atoms with Crippen LogP contribution in [0.15, 0.2) is 54.7 Å². The van der Waals surface area contributed by atoms with Gasteiger partial charge in [-0.25, -0.2) is 4.39 Å². The number of hydrogen-bond acceptors (Lipinski definition) is 3. The van der Waals surface area contributed by atoms with E-state index in [-0.39, 0.29) is 11.6 Å². The molecule has 3 nitrogen and oxygen atoms in total. The van der Waals surface area contributed by atoms with E-state index in [1.807, 2.05) is 18.2 Å². The van der Waals surface area contributed by atoms with Gasteiger partial charge < -0.3 is 10.4 Å². The average molecular weight is 268 g/mol. The number of fused-ring (bicyclic) bond motifs is 1. The molecule has 100 valence electrons. The first-order valence-corrected chi connectivity index (χ1v) is 6.28. The fraction of sp³-hybridized carbons (Fsp3) is 0.0625. The van der Waals surface area contributed by atoms with Crippen molar-refractivity contribution in [2.45, 2.75) is 6.54 Å². The highest BCUT2D eigenvalue weighted by Crippen LogP contribution is 2.27. The number of pyridine rings is 1. The minimum absolute atomic E-state index is 0.143. The number of rotatable bonds is 3. The molecule has 0 atom stereocenters. The number of halogens is 1. The zero-order valence-electron chi connectivity index (χ0n) is 10.7. The van der Waals surface area contributed by atoms with Gasteiger partial charge in [0.2, 0.25) is 0 Å². The van der Waals surface area contributed by atoms with Crippen LogP contribution in [0.25, 0.3) is 10.9 Å². The van der Waals surface area contributed by atoms with Crippen molar-refractivity contribution in [2.75, 3.05) is 5.32 Å². The fourth-order valence-corrected chi connectivity index (χ4v) is 2.08. The summed E-state index contributed by atoms with van der Waals surface area (Å²) >= 11 is 0. The summed E-state index contributed by atoms with van der Waals surface area (Å²) in [5.41, 5.74) is 2.35. The second-order valence-corrected chi connectivity index (χ2v) is 4.55. The van der Waals surface area contributed by atoms with Gasteiger partial charge in [-0.15, -0.1) is 0 Å². The van der Waals surface area contributed by atoms with Gasteiger partial charge in [0.15, 0.2) is 0 Å². The number of anilines is 1. The van der Waals surface area contributed by atoms with Crippen LogP contribution in [-0.4, -0.2) is 10.1 Å². The summed E-state index contributed by atoms with van der Waals surface area (Å²) in [4.78, 5) is 4.13. The Morgan fingerprint density at radius 3 is 2.70 bits per heavy atom. The molecule has 0 aliphatic rings. The van der Waals surface area contributed by atoms with Gasteiger partial charge in [-0.2, -0.15) is 0 Å². The lowest BCUT2D eigenvalue weighted by atomic mass is 10.1. The molecule has 0 saturated heterocycles. The van der Waals surface area contributed by atoms with E-state index in [2.05, 4.69) is 10.3 Å². The number of benzene rings is 2. The van der Waals surface area contributed by atoms with Gasteiger partial charge in [0.25, 0.3) is 0 Å². The minimum Gasteiger partial charge on any atom is -0.506 e. The molecule has 1 heterocycles. The molecule has 4 heteroatoms. The van der Waals surface area contributed by atoms with E-state index < -0.39 is 0 Å². The minimum atomic E-state index is -0.247. The average Bonchev–Trinajstić information content (AvgIpc) is 2.47. The molecule has 3 rings (SSSR count). The highest BCUT2D eigenvalue weighted by molar-refractivity contribution is 5.87. The third-order valence-electron chi connectivity index (χ3n) is 3.09. The maximum absolute atomic E-state index is 12.8. The van der Waals surface area contributed by atoms with Crippen molar-refractivity contribution in [2.24, 2.45) is 0 Å². The number of phenolic OH excluding ortho intramolecular Hbond substituents is 1. The number of nitrogens with one attached hydrogen (secondary N) is 1. The van der Waals surface area contributed by atoms with Crippen LogP contribution in [0.3, 0.4) is 0 Å². The van der Waals surface area contributed by atoms with Gasteiger partial charge >= 0.3 is 0 Å². The van der Waals surface area contributed by atoms with Gasteiger partial charge in [0.05, 0.1) is 0 Å². The van der Waals surface area contributed by atoms with E-state index in [0.29, 0.717) is 12.1 Å². The number of hydrogen-bond donors (Lipinski definition) is 2. The molecular formula is C16H13FN2O. The molecule has 0 fully saturated rings. The molecule has 0 amide bonds. The highest BCUT2D eigenvalue weighted by atomic mass is 19.1. The van der Waals surface area contributed by atoms with E-state index in [0.717, 1.165) is 16.6 Å². The van der Waals surface area contributed by atoms with Gasteiger partial charge in [-0.3, -0.25) is 4.98 Å². The largest absolute Gasteiger partial charge is 0.506 e. The van der Waals surface area contributed by atoms with Crippen molar-refractivity contribution in [3.05, 3.63) is 66.1 Å². The number of aromatic hydroxyl groups is 1. The summed E-state index contributed by atoms with van der Waals surface area (Å²) in [6.45, 7) is 0.561. The lowest BCUT2D eigenvalue weighted by Crippen LogP contribution is -1.99. The second-order valence-electron chi connectivity index (χ2n) is 4.55. The molecule has 0 spiro atoms. The fourth-order valence-electron chi connectivity index (χ4n) is 2.08. The van der Waals surface area contributed by atoms with Gasteiger partial charge in [0, 0.05) is 29.9 Å². The first-order chi connectivity index (χ1) is 9.72. The van der Waals surface area contributed by atoms with Gasteiger partial charge in [-0.05, 0) is 29.8 Å². The molecule has 3 aromatic rings. The Balaban J connectivity index is 1.82. The molecule has 2 aromatic carbocycles. The summed E-state index contributed by atoms with van der Waals surface area (Å²) in [5.74, 6) is -0.104. The van der Waals surface area contributed by atoms with Crippen LogP contribution in [-0.2, 0) is 6.54 Å². The van der Waals surface area contributed by atoms with Crippen molar-refractivity contribution in [3.63, 3.8) is 0 Å². The molecule has 0 aliphatic heterocycles. The maximum Gasteiger partial charge on any atom is 0.143 e. The van der Waals surface area contributed by atoms with Crippen LogP contribution in [0.4, 0.5) is 10.1 Å². The normalized spacial score (nSPS) is 10.7. The third kappa shape index (κ3) is 2.54. The summed E-state index contributed by atoms with van der Waals surface area (Å²) in [6.07, 6.45) is 1.65. The molecular weight excluding hydrogens is 255 g/mol. The van der Waals surface area contributed by atoms with Crippen LogP contribution >= 0.6 is 0 Å². The van der Waals surface area contributed by atoms with E-state index >= 15 is 0 Å². The van der Waals surface area contributed by atoms with E-state index in [1.54, 1.807) is 24.4 Å². The van der Waals surface area contributed by atoms with Crippen molar-refractivity contribution in [3.8, 4) is 5.75 Å². The van der Waals surface area contributed by atoms with Crippen LogP contribution < -0.4 is 5.32 Å². The standard InChI is InChI=1S/C16H13FN2O/c17-13-5-3-11(4-6-13)10-19-14-8-12-2-1-7-18-16(12)15(20)9-14/h1-9,19-20H,10H2. The van der Waals surface area contributed by atoms with Crippen molar-refractivity contribution in [1.29, 1.82) is 0 Å². The van der Waals surface area contributed by atoms with Crippen LogP contribution in [0, 0.1) is 5.82 Å². The smallest absolute Gasteiger partial charge is 0.143 e. The van der Waals surface area contributed by atoms with Crippen molar-refractivity contribution < 1.29 is 9.50 Å². The van der Waals surface area contributed by atoms with Crippen LogP contribution in [0.5, 0.6) is 5.75 Å². The van der Waals surface area contributed by atoms with Crippen LogP contribution in [0.2, 0.25) is 0 Å². The Bertz CT molecular complexity index is 741. The molecule has 0 bridgehead atoms. The summed E-state index contributed by atoms with van der Waals surface area (Å²) < 4.78 is 12.8. The molecule has 0 unspecified atom stereocenters. The van der Waals surface area contributed by atoms with Gasteiger partial charge in [0.1, 0.15) is 17.1 Å². The number of nitrogens with zero attached hydrogens (tertiary/aromatic N) is 1. The topological polar surface area (TPSA) is 45.1 Å². The molecule has 0 radical (unpaired) electrons. The zero-order chi connectivity index (χ0) is 13.9. The first-order valence-electron chi connectivity index (χ1n) is 6.28. The Kier molecular flexibility index (Phi) is 3.21.